The zero-order valence-electron chi connectivity index (χ0n) is 8.72. The van der Waals surface area contributed by atoms with Crippen molar-refractivity contribution in [2.45, 2.75) is 19.7 Å². The van der Waals surface area contributed by atoms with E-state index in [9.17, 15) is 13.2 Å². The molecule has 1 aromatic carbocycles. The van der Waals surface area contributed by atoms with Gasteiger partial charge in [-0.05, 0) is 30.0 Å². The van der Waals surface area contributed by atoms with Crippen LogP contribution in [0.4, 0.5) is 13.2 Å². The summed E-state index contributed by atoms with van der Waals surface area (Å²) in [5, 5.41) is 0. The second-order valence-corrected chi connectivity index (χ2v) is 3.96. The number of alkyl halides is 4. The van der Waals surface area contributed by atoms with Crippen LogP contribution < -0.4 is 4.74 Å². The van der Waals surface area contributed by atoms with Crippen LogP contribution in [0.15, 0.2) is 24.3 Å². The van der Waals surface area contributed by atoms with Crippen molar-refractivity contribution >= 4 is 11.6 Å². The molecule has 16 heavy (non-hydrogen) atoms. The topological polar surface area (TPSA) is 9.23 Å². The molecule has 0 saturated carbocycles. The highest BCUT2D eigenvalue weighted by Crippen LogP contribution is 2.23. The van der Waals surface area contributed by atoms with Crippen molar-refractivity contribution in [3.8, 4) is 5.75 Å². The van der Waals surface area contributed by atoms with Crippen LogP contribution in [0.25, 0.3) is 0 Å². The average Bonchev–Trinajstić information content (AvgIpc) is 2.18. The number of benzene rings is 1. The second kappa shape index (κ2) is 5.43. The first kappa shape index (κ1) is 13.2. The van der Waals surface area contributed by atoms with Crippen molar-refractivity contribution in [2.75, 3.05) is 5.88 Å². The first-order valence-corrected chi connectivity index (χ1v) is 5.35. The largest absolute Gasteiger partial charge is 0.573 e. The lowest BCUT2D eigenvalue weighted by Gasteiger charge is -2.10. The molecule has 0 aromatic heterocycles. The quantitative estimate of drug-likeness (QED) is 0.736. The highest BCUT2D eigenvalue weighted by Gasteiger charge is 2.30. The minimum Gasteiger partial charge on any atom is -0.406 e. The molecule has 0 aliphatic heterocycles. The van der Waals surface area contributed by atoms with Crippen LogP contribution in [-0.2, 0) is 6.42 Å². The van der Waals surface area contributed by atoms with Crippen molar-refractivity contribution < 1.29 is 17.9 Å². The summed E-state index contributed by atoms with van der Waals surface area (Å²) >= 11 is 5.65. The molecular formula is C11H12ClF3O. The molecule has 0 aliphatic carbocycles. The molecule has 5 heteroatoms. The summed E-state index contributed by atoms with van der Waals surface area (Å²) < 4.78 is 39.4. The van der Waals surface area contributed by atoms with E-state index < -0.39 is 6.36 Å². The van der Waals surface area contributed by atoms with Crippen LogP contribution in [0, 0.1) is 5.92 Å². The van der Waals surface area contributed by atoms with Crippen molar-refractivity contribution in [1.82, 2.24) is 0 Å². The minimum atomic E-state index is -4.63. The van der Waals surface area contributed by atoms with Crippen molar-refractivity contribution in [3.63, 3.8) is 0 Å². The normalized spacial score (nSPS) is 13.6. The van der Waals surface area contributed by atoms with Crippen LogP contribution in [0.2, 0.25) is 0 Å². The first-order valence-electron chi connectivity index (χ1n) is 4.81. The van der Waals surface area contributed by atoms with Gasteiger partial charge < -0.3 is 4.74 Å². The van der Waals surface area contributed by atoms with Gasteiger partial charge in [0.2, 0.25) is 0 Å². The summed E-state index contributed by atoms with van der Waals surface area (Å²) in [5.41, 5.74) is 0.947. The molecule has 1 rings (SSSR count). The summed E-state index contributed by atoms with van der Waals surface area (Å²) in [5.74, 6) is 0.631. The molecule has 1 atom stereocenters. The Morgan fingerprint density at radius 3 is 2.25 bits per heavy atom. The van der Waals surface area contributed by atoms with E-state index in [1.165, 1.54) is 12.1 Å². The van der Waals surface area contributed by atoms with Crippen molar-refractivity contribution in [2.24, 2.45) is 5.92 Å². The maximum Gasteiger partial charge on any atom is 0.573 e. The van der Waals surface area contributed by atoms with Gasteiger partial charge >= 0.3 is 6.36 Å². The van der Waals surface area contributed by atoms with E-state index in [2.05, 4.69) is 4.74 Å². The van der Waals surface area contributed by atoms with Gasteiger partial charge in [-0.3, -0.25) is 0 Å². The Balaban J connectivity index is 2.61. The fourth-order valence-corrected chi connectivity index (χ4v) is 1.39. The monoisotopic (exact) mass is 252 g/mol. The molecule has 1 aromatic rings. The van der Waals surface area contributed by atoms with Gasteiger partial charge in [0.25, 0.3) is 0 Å². The number of ether oxygens (including phenoxy) is 1. The number of hydrogen-bond donors (Lipinski definition) is 0. The second-order valence-electron chi connectivity index (χ2n) is 3.66. The third-order valence-corrected chi connectivity index (χ3v) is 2.53. The maximum absolute atomic E-state index is 11.9. The Morgan fingerprint density at radius 1 is 1.25 bits per heavy atom. The molecule has 0 saturated heterocycles. The SMILES string of the molecule is CC(CCl)Cc1ccc(OC(F)(F)F)cc1. The van der Waals surface area contributed by atoms with Gasteiger partial charge in [-0.15, -0.1) is 24.8 Å². The number of rotatable bonds is 4. The molecule has 0 heterocycles. The molecular weight excluding hydrogens is 241 g/mol. The summed E-state index contributed by atoms with van der Waals surface area (Å²) in [6.07, 6.45) is -3.89. The third kappa shape index (κ3) is 4.75. The molecule has 1 nitrogen and oxygen atoms in total. The van der Waals surface area contributed by atoms with Crippen LogP contribution in [0.1, 0.15) is 12.5 Å². The maximum atomic E-state index is 11.9. The molecule has 0 N–H and O–H groups in total. The fraction of sp³-hybridized carbons (Fsp3) is 0.455. The summed E-state index contributed by atoms with van der Waals surface area (Å²) in [6, 6.07) is 5.85. The molecule has 0 fully saturated rings. The predicted octanol–water partition coefficient (Wildman–Crippen LogP) is 4.00. The molecule has 0 spiro atoms. The van der Waals surface area contributed by atoms with Gasteiger partial charge in [-0.1, -0.05) is 19.1 Å². The molecule has 90 valence electrons. The molecule has 0 amide bonds. The van der Waals surface area contributed by atoms with E-state index >= 15 is 0 Å². The predicted molar refractivity (Wildman–Crippen MR) is 56.7 cm³/mol. The van der Waals surface area contributed by atoms with Gasteiger partial charge in [-0.25, -0.2) is 0 Å². The average molecular weight is 253 g/mol. The smallest absolute Gasteiger partial charge is 0.406 e. The molecule has 0 bridgehead atoms. The van der Waals surface area contributed by atoms with Crippen LogP contribution in [-0.4, -0.2) is 12.2 Å². The molecule has 0 aliphatic rings. The van der Waals surface area contributed by atoms with E-state index in [0.29, 0.717) is 11.8 Å². The van der Waals surface area contributed by atoms with E-state index in [4.69, 9.17) is 11.6 Å². The van der Waals surface area contributed by atoms with Crippen LogP contribution in [0.3, 0.4) is 0 Å². The third-order valence-electron chi connectivity index (χ3n) is 2.00. The fourth-order valence-electron chi connectivity index (χ4n) is 1.28. The van der Waals surface area contributed by atoms with Crippen molar-refractivity contribution in [1.29, 1.82) is 0 Å². The highest BCUT2D eigenvalue weighted by atomic mass is 35.5. The van der Waals surface area contributed by atoms with E-state index in [1.54, 1.807) is 12.1 Å². The Labute approximate surface area is 97.2 Å². The minimum absolute atomic E-state index is 0.199. The number of halogens is 4. The van der Waals surface area contributed by atoms with Gasteiger partial charge in [-0.2, -0.15) is 0 Å². The highest BCUT2D eigenvalue weighted by molar-refractivity contribution is 6.18. The van der Waals surface area contributed by atoms with E-state index in [-0.39, 0.29) is 5.75 Å². The number of hydrogen-bond acceptors (Lipinski definition) is 1. The zero-order chi connectivity index (χ0) is 12.2. The van der Waals surface area contributed by atoms with Gasteiger partial charge in [0.15, 0.2) is 0 Å². The van der Waals surface area contributed by atoms with E-state index in [1.807, 2.05) is 6.92 Å². The standard InChI is InChI=1S/C11H12ClF3O/c1-8(7-12)6-9-2-4-10(5-3-9)16-11(13,14)15/h2-5,8H,6-7H2,1H3. The zero-order valence-corrected chi connectivity index (χ0v) is 9.48. The lowest BCUT2D eigenvalue weighted by Crippen LogP contribution is -2.17. The van der Waals surface area contributed by atoms with Gasteiger partial charge in [0.1, 0.15) is 5.75 Å². The Kier molecular flexibility index (Phi) is 4.47. The van der Waals surface area contributed by atoms with Crippen LogP contribution >= 0.6 is 11.6 Å². The first-order chi connectivity index (χ1) is 7.40. The lowest BCUT2D eigenvalue weighted by molar-refractivity contribution is -0.274. The van der Waals surface area contributed by atoms with E-state index in [0.717, 1.165) is 12.0 Å². The Bertz CT molecular complexity index is 321. The molecule has 1 unspecified atom stereocenters. The molecule has 0 radical (unpaired) electrons. The summed E-state index contributed by atoms with van der Waals surface area (Å²) in [6.45, 7) is 1.98. The Hall–Kier alpha value is -0.900. The summed E-state index contributed by atoms with van der Waals surface area (Å²) in [7, 11) is 0. The van der Waals surface area contributed by atoms with Gasteiger partial charge in [0.05, 0.1) is 0 Å². The van der Waals surface area contributed by atoms with Gasteiger partial charge in [0, 0.05) is 5.88 Å². The lowest BCUT2D eigenvalue weighted by atomic mass is 10.0. The summed E-state index contributed by atoms with van der Waals surface area (Å²) in [4.78, 5) is 0. The van der Waals surface area contributed by atoms with Crippen LogP contribution in [0.5, 0.6) is 5.75 Å². The Morgan fingerprint density at radius 2 is 1.81 bits per heavy atom. The van der Waals surface area contributed by atoms with Crippen molar-refractivity contribution in [3.05, 3.63) is 29.8 Å².